The van der Waals surface area contributed by atoms with Gasteiger partial charge in [-0.25, -0.2) is 9.97 Å². The van der Waals surface area contributed by atoms with Gasteiger partial charge in [-0.15, -0.1) is 0 Å². The summed E-state index contributed by atoms with van der Waals surface area (Å²) in [7, 11) is -0.511. The second kappa shape index (κ2) is 7.89. The third-order valence-electron chi connectivity index (χ3n) is 4.27. The second-order valence-electron chi connectivity index (χ2n) is 6.82. The van der Waals surface area contributed by atoms with Crippen LogP contribution in [0.2, 0.25) is 0 Å². The van der Waals surface area contributed by atoms with Crippen LogP contribution in [0.25, 0.3) is 6.08 Å². The molecule has 0 spiro atoms. The van der Waals surface area contributed by atoms with Crippen molar-refractivity contribution in [3.05, 3.63) is 23.4 Å². The van der Waals surface area contributed by atoms with Gasteiger partial charge in [0, 0.05) is 30.6 Å². The molecule has 1 fully saturated rings. The molecule has 2 rings (SSSR count). The van der Waals surface area contributed by atoms with Gasteiger partial charge in [0.15, 0.2) is 5.12 Å². The summed E-state index contributed by atoms with van der Waals surface area (Å²) >= 11 is 1.22. The molecule has 0 unspecified atom stereocenters. The first-order valence-electron chi connectivity index (χ1n) is 8.29. The maximum atomic E-state index is 11.4. The maximum absolute atomic E-state index is 11.4. The standard InChI is InChI=1S/C17H25BN2O4S/c1-7-22-15-19-9-13(10-20-15)8-14(11-25-12(2)21)18-23-16(3,4)17(5,6)24-18/h8-10H,7,11H2,1-6H3. The number of ether oxygens (including phenoxy) is 1. The topological polar surface area (TPSA) is 70.5 Å². The predicted octanol–water partition coefficient (Wildman–Crippen LogP) is 3.17. The fourth-order valence-electron chi connectivity index (χ4n) is 2.18. The Labute approximate surface area is 153 Å². The highest BCUT2D eigenvalue weighted by Gasteiger charge is 2.52. The van der Waals surface area contributed by atoms with E-state index in [1.807, 2.05) is 40.7 Å². The normalized spacial score (nSPS) is 19.1. The van der Waals surface area contributed by atoms with Gasteiger partial charge in [-0.05, 0) is 40.1 Å². The molecule has 25 heavy (non-hydrogen) atoms. The van der Waals surface area contributed by atoms with Gasteiger partial charge in [0.2, 0.25) is 0 Å². The number of rotatable bonds is 6. The Kier molecular flexibility index (Phi) is 6.29. The van der Waals surface area contributed by atoms with E-state index in [1.54, 1.807) is 19.3 Å². The number of carbonyl (C=O) groups excluding carboxylic acids is 1. The van der Waals surface area contributed by atoms with Gasteiger partial charge in [-0.1, -0.05) is 17.8 Å². The highest BCUT2D eigenvalue weighted by atomic mass is 32.2. The molecule has 1 aromatic rings. The van der Waals surface area contributed by atoms with Crippen LogP contribution in [0.15, 0.2) is 17.9 Å². The average Bonchev–Trinajstić information content (AvgIpc) is 2.73. The summed E-state index contributed by atoms with van der Waals surface area (Å²) in [4.78, 5) is 19.7. The van der Waals surface area contributed by atoms with E-state index in [0.717, 1.165) is 11.0 Å². The zero-order valence-electron chi connectivity index (χ0n) is 15.7. The van der Waals surface area contributed by atoms with Gasteiger partial charge in [0.1, 0.15) is 0 Å². The number of hydrogen-bond acceptors (Lipinski definition) is 7. The molecule has 1 aliphatic rings. The Balaban J connectivity index is 2.25. The molecule has 0 radical (unpaired) electrons. The highest BCUT2D eigenvalue weighted by molar-refractivity contribution is 8.13. The minimum absolute atomic E-state index is 0.0466. The maximum Gasteiger partial charge on any atom is 0.491 e. The van der Waals surface area contributed by atoms with Crippen LogP contribution < -0.4 is 4.74 Å². The molecular weight excluding hydrogens is 339 g/mol. The van der Waals surface area contributed by atoms with E-state index >= 15 is 0 Å². The van der Waals surface area contributed by atoms with Crippen molar-refractivity contribution in [2.24, 2.45) is 0 Å². The highest BCUT2D eigenvalue weighted by Crippen LogP contribution is 2.39. The largest absolute Gasteiger partial charge is 0.491 e. The first kappa shape index (κ1) is 19.9. The van der Waals surface area contributed by atoms with Crippen molar-refractivity contribution in [3.63, 3.8) is 0 Å². The Morgan fingerprint density at radius 2 is 1.80 bits per heavy atom. The van der Waals surface area contributed by atoms with Crippen LogP contribution in [-0.4, -0.2) is 45.8 Å². The van der Waals surface area contributed by atoms with Crippen LogP contribution in [-0.2, 0) is 14.1 Å². The van der Waals surface area contributed by atoms with E-state index in [9.17, 15) is 4.79 Å². The number of thioether (sulfide) groups is 1. The van der Waals surface area contributed by atoms with E-state index in [2.05, 4.69) is 9.97 Å². The SMILES string of the molecule is CCOc1ncc(C=C(CSC(C)=O)B2OC(C)(C)C(C)(C)O2)cn1. The van der Waals surface area contributed by atoms with E-state index in [1.165, 1.54) is 11.8 Å². The van der Waals surface area contributed by atoms with Crippen molar-refractivity contribution in [3.8, 4) is 6.01 Å². The van der Waals surface area contributed by atoms with Gasteiger partial charge >= 0.3 is 13.1 Å². The van der Waals surface area contributed by atoms with Crippen molar-refractivity contribution in [1.82, 2.24) is 9.97 Å². The first-order valence-corrected chi connectivity index (χ1v) is 9.27. The molecule has 0 N–H and O–H groups in total. The lowest BCUT2D eigenvalue weighted by Crippen LogP contribution is -2.41. The fourth-order valence-corrected chi connectivity index (χ4v) is 2.76. The van der Waals surface area contributed by atoms with Gasteiger partial charge in [-0.3, -0.25) is 4.79 Å². The Bertz CT molecular complexity index is 631. The zero-order valence-corrected chi connectivity index (χ0v) is 16.5. The van der Waals surface area contributed by atoms with Crippen molar-refractivity contribution in [2.45, 2.75) is 52.7 Å². The molecular formula is C17H25BN2O4S. The zero-order chi connectivity index (χ0) is 18.7. The van der Waals surface area contributed by atoms with E-state index < -0.39 is 18.3 Å². The van der Waals surface area contributed by atoms with Crippen LogP contribution in [0.1, 0.15) is 47.1 Å². The molecule has 6 nitrogen and oxygen atoms in total. The van der Waals surface area contributed by atoms with Gasteiger partial charge in [-0.2, -0.15) is 0 Å². The average molecular weight is 364 g/mol. The first-order chi connectivity index (χ1) is 11.6. The van der Waals surface area contributed by atoms with Gasteiger partial charge in [0.25, 0.3) is 0 Å². The summed E-state index contributed by atoms with van der Waals surface area (Å²) in [6.07, 6.45) is 5.27. The molecule has 0 saturated carbocycles. The van der Waals surface area contributed by atoms with Crippen LogP contribution in [0.3, 0.4) is 0 Å². The van der Waals surface area contributed by atoms with Crippen LogP contribution in [0.5, 0.6) is 6.01 Å². The van der Waals surface area contributed by atoms with Gasteiger partial charge in [0.05, 0.1) is 17.8 Å². The molecule has 1 saturated heterocycles. The van der Waals surface area contributed by atoms with Crippen LogP contribution in [0.4, 0.5) is 0 Å². The molecule has 1 aliphatic heterocycles. The predicted molar refractivity (Wildman–Crippen MR) is 100 cm³/mol. The Morgan fingerprint density at radius 1 is 1.24 bits per heavy atom. The second-order valence-corrected chi connectivity index (χ2v) is 7.97. The number of nitrogens with zero attached hydrogens (tertiary/aromatic N) is 2. The van der Waals surface area contributed by atoms with Crippen molar-refractivity contribution in [2.75, 3.05) is 12.4 Å². The minimum atomic E-state index is -0.511. The van der Waals surface area contributed by atoms with Crippen molar-refractivity contribution >= 4 is 30.1 Å². The molecule has 0 amide bonds. The van der Waals surface area contributed by atoms with E-state index in [0.29, 0.717) is 18.4 Å². The van der Waals surface area contributed by atoms with E-state index in [-0.39, 0.29) is 5.12 Å². The molecule has 0 atom stereocenters. The third kappa shape index (κ3) is 5.06. The van der Waals surface area contributed by atoms with Gasteiger partial charge < -0.3 is 14.0 Å². The minimum Gasteiger partial charge on any atom is -0.464 e. The lowest BCUT2D eigenvalue weighted by atomic mass is 9.78. The number of carbonyl (C=O) groups is 1. The molecule has 1 aromatic heterocycles. The molecule has 0 bridgehead atoms. The molecule has 136 valence electrons. The summed E-state index contributed by atoms with van der Waals surface area (Å²) in [5.74, 6) is 0.485. The summed E-state index contributed by atoms with van der Waals surface area (Å²) in [6.45, 7) is 12.0. The molecule has 0 aromatic carbocycles. The number of aromatic nitrogens is 2. The molecule has 2 heterocycles. The lowest BCUT2D eigenvalue weighted by Gasteiger charge is -2.32. The quantitative estimate of drug-likeness (QED) is 0.718. The number of hydrogen-bond donors (Lipinski definition) is 0. The van der Waals surface area contributed by atoms with Crippen molar-refractivity contribution < 1.29 is 18.8 Å². The fraction of sp³-hybridized carbons (Fsp3) is 0.588. The monoisotopic (exact) mass is 364 g/mol. The van der Waals surface area contributed by atoms with Crippen LogP contribution >= 0.6 is 11.8 Å². The van der Waals surface area contributed by atoms with E-state index in [4.69, 9.17) is 14.0 Å². The summed E-state index contributed by atoms with van der Waals surface area (Å²) in [5.41, 5.74) is 0.795. The summed E-state index contributed by atoms with van der Waals surface area (Å²) in [6, 6.07) is 0.343. The Morgan fingerprint density at radius 3 is 2.28 bits per heavy atom. The van der Waals surface area contributed by atoms with Crippen molar-refractivity contribution in [1.29, 1.82) is 0 Å². The summed E-state index contributed by atoms with van der Waals surface area (Å²) < 4.78 is 17.5. The third-order valence-corrected chi connectivity index (χ3v) is 5.16. The smallest absolute Gasteiger partial charge is 0.464 e. The lowest BCUT2D eigenvalue weighted by molar-refractivity contribution is -0.109. The summed E-state index contributed by atoms with van der Waals surface area (Å²) in [5, 5.41) is 0.0466. The molecule has 0 aliphatic carbocycles. The Hall–Kier alpha value is -1.38. The van der Waals surface area contributed by atoms with Crippen LogP contribution in [0, 0.1) is 0 Å². The molecule has 8 heteroatoms.